The molecule has 0 aliphatic heterocycles. The lowest BCUT2D eigenvalue weighted by Crippen LogP contribution is -2.22. The molecule has 0 saturated carbocycles. The number of hydrogen-bond donors (Lipinski definition) is 1. The van der Waals surface area contributed by atoms with Crippen molar-refractivity contribution in [3.8, 4) is 0 Å². The van der Waals surface area contributed by atoms with Crippen LogP contribution in [0.3, 0.4) is 0 Å². The minimum absolute atomic E-state index is 0.345. The van der Waals surface area contributed by atoms with Crippen molar-refractivity contribution in [1.82, 2.24) is 19.7 Å². The first kappa shape index (κ1) is 16.4. The van der Waals surface area contributed by atoms with Crippen molar-refractivity contribution in [2.45, 2.75) is 55.3 Å². The zero-order chi connectivity index (χ0) is 15.1. The van der Waals surface area contributed by atoms with E-state index in [1.807, 2.05) is 6.20 Å². The first-order chi connectivity index (χ1) is 10.3. The Morgan fingerprint density at radius 2 is 2.14 bits per heavy atom. The van der Waals surface area contributed by atoms with Crippen molar-refractivity contribution in [2.75, 3.05) is 6.54 Å². The summed E-state index contributed by atoms with van der Waals surface area (Å²) in [6, 6.07) is 4.58. The Labute approximate surface area is 135 Å². The van der Waals surface area contributed by atoms with E-state index < -0.39 is 0 Å². The van der Waals surface area contributed by atoms with Crippen LogP contribution in [-0.4, -0.2) is 20.9 Å². The van der Waals surface area contributed by atoms with Gasteiger partial charge in [0.05, 0.1) is 5.69 Å². The maximum atomic E-state index is 4.60. The van der Waals surface area contributed by atoms with E-state index in [1.165, 1.54) is 11.5 Å². The van der Waals surface area contributed by atoms with Gasteiger partial charge >= 0.3 is 0 Å². The highest BCUT2D eigenvalue weighted by Crippen LogP contribution is 2.29. The summed E-state index contributed by atoms with van der Waals surface area (Å²) in [5, 5.41) is 3.53. The molecule has 2 heterocycles. The largest absolute Gasteiger partial charge is 0.309 e. The third kappa shape index (κ3) is 4.76. The van der Waals surface area contributed by atoms with E-state index in [1.54, 1.807) is 11.8 Å². The summed E-state index contributed by atoms with van der Waals surface area (Å²) in [7, 11) is 0. The maximum absolute atomic E-state index is 4.60. The minimum Gasteiger partial charge on any atom is -0.309 e. The fraction of sp³-hybridized carbons (Fsp3) is 0.533. The number of nitrogens with zero attached hydrogens (tertiary/aromatic N) is 3. The smallest absolute Gasteiger partial charge is 0.174 e. The monoisotopic (exact) mass is 322 g/mol. The molecule has 21 heavy (non-hydrogen) atoms. The fourth-order valence-corrected chi connectivity index (χ4v) is 3.60. The highest BCUT2D eigenvalue weighted by molar-refractivity contribution is 8.01. The molecular weight excluding hydrogens is 300 g/mol. The summed E-state index contributed by atoms with van der Waals surface area (Å²) >= 11 is 3.09. The van der Waals surface area contributed by atoms with Crippen LogP contribution < -0.4 is 5.32 Å². The predicted octanol–water partition coefficient (Wildman–Crippen LogP) is 4.10. The van der Waals surface area contributed by atoms with Crippen LogP contribution in [0, 0.1) is 0 Å². The van der Waals surface area contributed by atoms with Crippen LogP contribution in [0.4, 0.5) is 0 Å². The first-order valence-corrected chi connectivity index (χ1v) is 9.05. The van der Waals surface area contributed by atoms with Gasteiger partial charge < -0.3 is 5.32 Å². The molecule has 0 aliphatic carbocycles. The Morgan fingerprint density at radius 3 is 2.71 bits per heavy atom. The van der Waals surface area contributed by atoms with Crippen LogP contribution >= 0.6 is 23.3 Å². The molecule has 0 aliphatic rings. The lowest BCUT2D eigenvalue weighted by molar-refractivity contribution is 0.507. The van der Waals surface area contributed by atoms with Crippen LogP contribution in [-0.2, 0) is 6.42 Å². The van der Waals surface area contributed by atoms with Gasteiger partial charge in [0.25, 0.3) is 0 Å². The molecule has 1 unspecified atom stereocenters. The van der Waals surface area contributed by atoms with Crippen LogP contribution in [0.2, 0.25) is 0 Å². The summed E-state index contributed by atoms with van der Waals surface area (Å²) in [5.41, 5.74) is 1.11. The number of pyridine rings is 1. The van der Waals surface area contributed by atoms with Gasteiger partial charge in [0.2, 0.25) is 0 Å². The maximum Gasteiger partial charge on any atom is 0.174 e. The summed E-state index contributed by atoms with van der Waals surface area (Å²) in [6.45, 7) is 7.47. The average Bonchev–Trinajstić information content (AvgIpc) is 2.97. The van der Waals surface area contributed by atoms with Gasteiger partial charge in [0.1, 0.15) is 5.82 Å². The number of rotatable bonds is 8. The van der Waals surface area contributed by atoms with Gasteiger partial charge in [-0.1, -0.05) is 32.5 Å². The van der Waals surface area contributed by atoms with Gasteiger partial charge in [-0.05, 0) is 43.1 Å². The van der Waals surface area contributed by atoms with Crippen LogP contribution in [0.1, 0.15) is 51.2 Å². The van der Waals surface area contributed by atoms with Crippen molar-refractivity contribution in [3.05, 3.63) is 29.8 Å². The van der Waals surface area contributed by atoms with Crippen LogP contribution in [0.5, 0.6) is 0 Å². The minimum atomic E-state index is 0.345. The molecule has 0 amide bonds. The fourth-order valence-electron chi connectivity index (χ4n) is 1.96. The summed E-state index contributed by atoms with van der Waals surface area (Å²) < 4.78 is 5.29. The number of hydrogen-bond acceptors (Lipinski definition) is 6. The zero-order valence-electron chi connectivity index (χ0n) is 12.8. The number of aromatic nitrogens is 3. The Balaban J connectivity index is 2.00. The second-order valence-electron chi connectivity index (χ2n) is 4.77. The molecule has 0 saturated heterocycles. The Morgan fingerprint density at radius 1 is 1.29 bits per heavy atom. The van der Waals surface area contributed by atoms with Gasteiger partial charge in [-0.25, -0.2) is 4.98 Å². The normalized spacial score (nSPS) is 12.5. The van der Waals surface area contributed by atoms with Crippen molar-refractivity contribution in [3.63, 3.8) is 0 Å². The molecule has 0 fully saturated rings. The van der Waals surface area contributed by atoms with Gasteiger partial charge in [-0.15, -0.1) is 0 Å². The third-order valence-electron chi connectivity index (χ3n) is 3.14. The van der Waals surface area contributed by atoms with Crippen molar-refractivity contribution < 1.29 is 0 Å². The Hall–Kier alpha value is -0.980. The van der Waals surface area contributed by atoms with Gasteiger partial charge in [-0.2, -0.15) is 4.37 Å². The molecule has 4 nitrogen and oxygen atoms in total. The molecule has 0 aromatic carbocycles. The zero-order valence-corrected chi connectivity index (χ0v) is 14.4. The number of nitrogens with one attached hydrogen (secondary N) is 1. The molecular formula is C15H22N4S2. The summed E-state index contributed by atoms with van der Waals surface area (Å²) in [6.07, 6.45) is 5.01. The van der Waals surface area contributed by atoms with Crippen LogP contribution in [0.25, 0.3) is 0 Å². The first-order valence-electron chi connectivity index (χ1n) is 7.46. The van der Waals surface area contributed by atoms with Crippen LogP contribution in [0.15, 0.2) is 27.6 Å². The quantitative estimate of drug-likeness (QED) is 0.793. The molecule has 2 aromatic rings. The second-order valence-corrected chi connectivity index (χ2v) is 6.84. The highest BCUT2D eigenvalue weighted by atomic mass is 32.2. The van der Waals surface area contributed by atoms with Gasteiger partial charge in [-0.3, -0.25) is 4.98 Å². The van der Waals surface area contributed by atoms with E-state index in [0.29, 0.717) is 6.04 Å². The molecule has 1 N–H and O–H groups in total. The molecule has 6 heteroatoms. The number of aryl methyl sites for hydroxylation is 1. The van der Waals surface area contributed by atoms with E-state index in [2.05, 4.69) is 52.6 Å². The molecule has 1 atom stereocenters. The lowest BCUT2D eigenvalue weighted by atomic mass is 10.1. The van der Waals surface area contributed by atoms with E-state index >= 15 is 0 Å². The predicted molar refractivity (Wildman–Crippen MR) is 89.0 cm³/mol. The summed E-state index contributed by atoms with van der Waals surface area (Å²) in [4.78, 5) is 10.2. The molecule has 0 bridgehead atoms. The summed E-state index contributed by atoms with van der Waals surface area (Å²) in [5.74, 6) is 0.918. The second kappa shape index (κ2) is 8.46. The molecule has 0 spiro atoms. The van der Waals surface area contributed by atoms with Crippen molar-refractivity contribution in [2.24, 2.45) is 0 Å². The Bertz CT molecular complexity index is 539. The highest BCUT2D eigenvalue weighted by Gasteiger charge is 2.10. The van der Waals surface area contributed by atoms with Crippen molar-refractivity contribution >= 4 is 23.3 Å². The Kier molecular flexibility index (Phi) is 6.60. The lowest BCUT2D eigenvalue weighted by Gasteiger charge is -2.16. The van der Waals surface area contributed by atoms with E-state index in [9.17, 15) is 0 Å². The molecule has 2 aromatic heterocycles. The SMILES string of the molecule is CCCNC(CC)c1ccc(Sc2nc(CC)ns2)cn1. The topological polar surface area (TPSA) is 50.7 Å². The molecule has 2 rings (SSSR count). The van der Waals surface area contributed by atoms with Gasteiger partial charge in [0.15, 0.2) is 4.34 Å². The van der Waals surface area contributed by atoms with E-state index in [4.69, 9.17) is 0 Å². The third-order valence-corrected chi connectivity index (χ3v) is 4.90. The average molecular weight is 323 g/mol. The molecule has 114 valence electrons. The standard InChI is InChI=1S/C15H22N4S2/c1-4-9-16-12(5-2)13-8-7-11(10-17-13)20-15-18-14(6-3)19-21-15/h7-8,10,12,16H,4-6,9H2,1-3H3. The van der Waals surface area contributed by atoms with E-state index in [0.717, 1.165) is 46.6 Å². The van der Waals surface area contributed by atoms with E-state index in [-0.39, 0.29) is 0 Å². The molecule has 0 radical (unpaired) electrons. The van der Waals surface area contributed by atoms with Gasteiger partial charge in [0, 0.05) is 23.6 Å². The van der Waals surface area contributed by atoms with Crippen molar-refractivity contribution in [1.29, 1.82) is 0 Å².